The molecule has 1 aromatic heterocycles. The molecule has 1 aliphatic rings. The van der Waals surface area contributed by atoms with Gasteiger partial charge >= 0.3 is 7.12 Å². The first-order valence-electron chi connectivity index (χ1n) is 7.09. The molecule has 0 aliphatic carbocycles. The molecule has 0 spiro atoms. The van der Waals surface area contributed by atoms with E-state index in [0.717, 1.165) is 31.8 Å². The third kappa shape index (κ3) is 3.65. The molecule has 0 radical (unpaired) electrons. The number of nitrogens with zero attached hydrogens (tertiary/aromatic N) is 1. The van der Waals surface area contributed by atoms with Crippen molar-refractivity contribution >= 4 is 23.9 Å². The maximum absolute atomic E-state index is 9.03. The number of hydrogen-bond acceptors (Lipinski definition) is 5. The molecule has 4 nitrogen and oxygen atoms in total. The van der Waals surface area contributed by atoms with Gasteiger partial charge in [-0.1, -0.05) is 12.1 Å². The van der Waals surface area contributed by atoms with Gasteiger partial charge in [-0.05, 0) is 41.0 Å². The molecular formula is C15H18BNO3S. The average molecular weight is 303 g/mol. The second kappa shape index (κ2) is 6.62. The summed E-state index contributed by atoms with van der Waals surface area (Å²) in [5.41, 5.74) is 1.93. The minimum atomic E-state index is -1.42. The maximum atomic E-state index is 9.03. The van der Waals surface area contributed by atoms with E-state index in [1.54, 1.807) is 24.3 Å². The summed E-state index contributed by atoms with van der Waals surface area (Å²) in [6.45, 7) is 3.64. The van der Waals surface area contributed by atoms with E-state index in [0.29, 0.717) is 12.1 Å². The highest BCUT2D eigenvalue weighted by atomic mass is 32.1. The molecule has 110 valence electrons. The van der Waals surface area contributed by atoms with E-state index in [2.05, 4.69) is 16.3 Å². The molecule has 1 aliphatic heterocycles. The molecule has 0 fully saturated rings. The zero-order valence-electron chi connectivity index (χ0n) is 11.7. The zero-order valence-corrected chi connectivity index (χ0v) is 12.6. The lowest BCUT2D eigenvalue weighted by Crippen LogP contribution is -2.33. The second-order valence-electron chi connectivity index (χ2n) is 5.19. The van der Waals surface area contributed by atoms with Crippen LogP contribution in [-0.2, 0) is 13.0 Å². The quantitative estimate of drug-likeness (QED) is 0.805. The summed E-state index contributed by atoms with van der Waals surface area (Å²) in [5.74, 6) is 0.757. The summed E-state index contributed by atoms with van der Waals surface area (Å²) < 4.78 is 5.71. The molecule has 0 saturated heterocycles. The third-order valence-electron chi connectivity index (χ3n) is 3.74. The van der Waals surface area contributed by atoms with Gasteiger partial charge in [0.15, 0.2) is 0 Å². The van der Waals surface area contributed by atoms with Gasteiger partial charge in [-0.3, -0.25) is 4.90 Å². The van der Waals surface area contributed by atoms with Gasteiger partial charge in [-0.15, -0.1) is 11.3 Å². The zero-order chi connectivity index (χ0) is 14.7. The van der Waals surface area contributed by atoms with Crippen LogP contribution in [0.4, 0.5) is 0 Å². The topological polar surface area (TPSA) is 52.9 Å². The van der Waals surface area contributed by atoms with Crippen LogP contribution in [0.15, 0.2) is 35.7 Å². The molecule has 0 unspecified atom stereocenters. The highest BCUT2D eigenvalue weighted by Gasteiger charge is 2.16. The Bertz CT molecular complexity index is 585. The first-order chi connectivity index (χ1) is 10.2. The van der Waals surface area contributed by atoms with E-state index < -0.39 is 7.12 Å². The molecule has 2 N–H and O–H groups in total. The van der Waals surface area contributed by atoms with Crippen molar-refractivity contribution in [3.05, 3.63) is 46.2 Å². The van der Waals surface area contributed by atoms with Crippen molar-refractivity contribution in [1.82, 2.24) is 4.90 Å². The van der Waals surface area contributed by atoms with Crippen LogP contribution >= 0.6 is 11.3 Å². The predicted molar refractivity (Wildman–Crippen MR) is 85.1 cm³/mol. The fourth-order valence-corrected chi connectivity index (χ4v) is 3.42. The molecule has 0 atom stereocenters. The van der Waals surface area contributed by atoms with Crippen LogP contribution in [-0.4, -0.2) is 41.8 Å². The monoisotopic (exact) mass is 303 g/mol. The van der Waals surface area contributed by atoms with Gasteiger partial charge in [0.05, 0.1) is 0 Å². The molecule has 2 heterocycles. The number of rotatable bonds is 5. The van der Waals surface area contributed by atoms with Crippen molar-refractivity contribution in [2.24, 2.45) is 0 Å². The Morgan fingerprint density at radius 2 is 2.00 bits per heavy atom. The van der Waals surface area contributed by atoms with E-state index in [9.17, 15) is 0 Å². The van der Waals surface area contributed by atoms with Gasteiger partial charge in [0.1, 0.15) is 12.4 Å². The Hall–Kier alpha value is -1.34. The van der Waals surface area contributed by atoms with Gasteiger partial charge in [0, 0.05) is 24.5 Å². The van der Waals surface area contributed by atoms with Crippen LogP contribution in [0.3, 0.4) is 0 Å². The van der Waals surface area contributed by atoms with E-state index in [4.69, 9.17) is 14.8 Å². The Labute approximate surface area is 128 Å². The fraction of sp³-hybridized carbons (Fsp3) is 0.333. The lowest BCUT2D eigenvalue weighted by atomic mass is 9.80. The Morgan fingerprint density at radius 3 is 2.76 bits per heavy atom. The first kappa shape index (κ1) is 14.6. The lowest BCUT2D eigenvalue weighted by Gasteiger charge is -2.26. The molecule has 0 saturated carbocycles. The molecule has 0 bridgehead atoms. The highest BCUT2D eigenvalue weighted by Crippen LogP contribution is 2.23. The van der Waals surface area contributed by atoms with Gasteiger partial charge in [-0.25, -0.2) is 0 Å². The third-order valence-corrected chi connectivity index (χ3v) is 4.76. The Morgan fingerprint density at radius 1 is 1.19 bits per heavy atom. The smallest absolute Gasteiger partial charge is 0.488 e. The van der Waals surface area contributed by atoms with Crippen LogP contribution in [0.5, 0.6) is 5.75 Å². The summed E-state index contributed by atoms with van der Waals surface area (Å²) in [6, 6.07) is 9.08. The van der Waals surface area contributed by atoms with Crippen molar-refractivity contribution < 1.29 is 14.8 Å². The van der Waals surface area contributed by atoms with Crippen LogP contribution in [0.2, 0.25) is 0 Å². The molecule has 3 rings (SSSR count). The van der Waals surface area contributed by atoms with Crippen LogP contribution in [0, 0.1) is 0 Å². The van der Waals surface area contributed by atoms with Gasteiger partial charge in [-0.2, -0.15) is 0 Å². The van der Waals surface area contributed by atoms with Crippen LogP contribution in [0.25, 0.3) is 0 Å². The fourth-order valence-electron chi connectivity index (χ4n) is 2.53. The van der Waals surface area contributed by atoms with Crippen molar-refractivity contribution in [1.29, 1.82) is 0 Å². The number of ether oxygens (including phenoxy) is 1. The summed E-state index contributed by atoms with van der Waals surface area (Å²) in [6.07, 6.45) is 1.14. The molecule has 1 aromatic carbocycles. The van der Waals surface area contributed by atoms with Gasteiger partial charge in [0.25, 0.3) is 0 Å². The normalized spacial score (nSPS) is 14.8. The van der Waals surface area contributed by atoms with E-state index in [1.165, 1.54) is 10.4 Å². The molecule has 2 aromatic rings. The summed E-state index contributed by atoms with van der Waals surface area (Å²) in [4.78, 5) is 3.92. The van der Waals surface area contributed by atoms with Gasteiger partial charge < -0.3 is 14.8 Å². The van der Waals surface area contributed by atoms with E-state index in [1.807, 2.05) is 11.3 Å². The predicted octanol–water partition coefficient (Wildman–Crippen LogP) is 0.865. The molecular weight excluding hydrogens is 285 g/mol. The summed E-state index contributed by atoms with van der Waals surface area (Å²) in [7, 11) is -1.42. The van der Waals surface area contributed by atoms with Crippen molar-refractivity contribution in [3.63, 3.8) is 0 Å². The highest BCUT2D eigenvalue weighted by molar-refractivity contribution is 7.10. The number of thiophene rings is 1. The summed E-state index contributed by atoms with van der Waals surface area (Å²) >= 11 is 1.85. The molecule has 0 amide bonds. The minimum absolute atomic E-state index is 0.475. The number of hydrogen-bond donors (Lipinski definition) is 2. The van der Waals surface area contributed by atoms with Crippen molar-refractivity contribution in [3.8, 4) is 5.75 Å². The SMILES string of the molecule is OB(O)c1ccc(OCCN2CCc3sccc3C2)cc1. The van der Waals surface area contributed by atoms with Crippen molar-refractivity contribution in [2.75, 3.05) is 19.7 Å². The summed E-state index contributed by atoms with van der Waals surface area (Å²) in [5, 5.41) is 20.2. The Kier molecular flexibility index (Phi) is 4.60. The first-order valence-corrected chi connectivity index (χ1v) is 7.97. The van der Waals surface area contributed by atoms with E-state index >= 15 is 0 Å². The number of fused-ring (bicyclic) bond motifs is 1. The van der Waals surface area contributed by atoms with E-state index in [-0.39, 0.29) is 0 Å². The second-order valence-corrected chi connectivity index (χ2v) is 6.19. The maximum Gasteiger partial charge on any atom is 0.488 e. The largest absolute Gasteiger partial charge is 0.492 e. The van der Waals surface area contributed by atoms with Crippen molar-refractivity contribution in [2.45, 2.75) is 13.0 Å². The molecule has 6 heteroatoms. The Balaban J connectivity index is 1.46. The number of benzene rings is 1. The standard InChI is InChI=1S/C15H18BNO3S/c18-16(19)13-1-3-14(4-2-13)20-9-8-17-7-5-15-12(11-17)6-10-21-15/h1-4,6,10,18-19H,5,7-9,11H2. The van der Waals surface area contributed by atoms with Crippen LogP contribution in [0.1, 0.15) is 10.4 Å². The molecule has 21 heavy (non-hydrogen) atoms. The lowest BCUT2D eigenvalue weighted by molar-refractivity contribution is 0.197. The average Bonchev–Trinajstić information content (AvgIpc) is 2.95. The van der Waals surface area contributed by atoms with Crippen LogP contribution < -0.4 is 10.2 Å². The van der Waals surface area contributed by atoms with Gasteiger partial charge in [0.2, 0.25) is 0 Å². The minimum Gasteiger partial charge on any atom is -0.492 e.